The largest absolute Gasteiger partial charge is 0.469 e. The molecule has 0 atom stereocenters. The highest BCUT2D eigenvalue weighted by atomic mass is 16.4. The van der Waals surface area contributed by atoms with Crippen LogP contribution in [0.2, 0.25) is 0 Å². The van der Waals surface area contributed by atoms with E-state index in [1.165, 1.54) is 10.9 Å². The van der Waals surface area contributed by atoms with Gasteiger partial charge in [0.2, 0.25) is 5.91 Å². The van der Waals surface area contributed by atoms with E-state index in [4.69, 9.17) is 8.83 Å². The Morgan fingerprint density at radius 3 is 2.67 bits per heavy atom. The lowest BCUT2D eigenvalue weighted by Gasteiger charge is -2.30. The zero-order chi connectivity index (χ0) is 15.0. The summed E-state index contributed by atoms with van der Waals surface area (Å²) in [6, 6.07) is 1.70. The number of carbonyl (C=O) groups is 1. The third-order valence-corrected chi connectivity index (χ3v) is 3.91. The average molecular weight is 291 g/mol. The monoisotopic (exact) mass is 291 g/mol. The van der Waals surface area contributed by atoms with Crippen LogP contribution in [-0.4, -0.2) is 33.7 Å². The third kappa shape index (κ3) is 2.51. The molecule has 112 valence electrons. The molecule has 3 rings (SSSR count). The lowest BCUT2D eigenvalue weighted by molar-refractivity contribution is -0.130. The number of hydrogen-bond acceptors (Lipinski definition) is 5. The van der Waals surface area contributed by atoms with Crippen molar-refractivity contribution in [1.82, 2.24) is 14.7 Å². The van der Waals surface area contributed by atoms with E-state index in [-0.39, 0.29) is 17.8 Å². The van der Waals surface area contributed by atoms with E-state index in [1.54, 1.807) is 24.8 Å². The van der Waals surface area contributed by atoms with E-state index >= 15 is 0 Å². The smallest absolute Gasteiger partial charge is 0.437 e. The predicted molar refractivity (Wildman–Crippen MR) is 73.7 cm³/mol. The van der Waals surface area contributed by atoms with Crippen LogP contribution in [0, 0.1) is 6.92 Å². The fourth-order valence-corrected chi connectivity index (χ4v) is 2.66. The molecule has 0 radical (unpaired) electrons. The van der Waals surface area contributed by atoms with Crippen molar-refractivity contribution in [2.24, 2.45) is 0 Å². The van der Waals surface area contributed by atoms with Crippen LogP contribution in [0.5, 0.6) is 0 Å². The molecular weight excluding hydrogens is 274 g/mol. The van der Waals surface area contributed by atoms with Gasteiger partial charge in [0.1, 0.15) is 5.76 Å². The molecule has 0 unspecified atom stereocenters. The Kier molecular flexibility index (Phi) is 3.40. The minimum Gasteiger partial charge on any atom is -0.469 e. The fourth-order valence-electron chi connectivity index (χ4n) is 2.66. The number of hydrogen-bond donors (Lipinski definition) is 0. The lowest BCUT2D eigenvalue weighted by atomic mass is 10.1. The zero-order valence-electron chi connectivity index (χ0n) is 12.0. The van der Waals surface area contributed by atoms with Gasteiger partial charge in [0, 0.05) is 20.0 Å². The molecule has 1 aliphatic heterocycles. The molecule has 0 N–H and O–H groups in total. The maximum absolute atomic E-state index is 12.0. The van der Waals surface area contributed by atoms with Gasteiger partial charge >= 0.3 is 5.76 Å². The molecule has 1 amide bonds. The quantitative estimate of drug-likeness (QED) is 0.839. The summed E-state index contributed by atoms with van der Waals surface area (Å²) in [4.78, 5) is 25.1. The SMILES string of the molecule is CC(=O)N1CCC(n2nc(-c3ccoc3C)oc2=O)CC1. The van der Waals surface area contributed by atoms with Crippen molar-refractivity contribution in [3.05, 3.63) is 28.6 Å². The molecule has 0 bridgehead atoms. The maximum Gasteiger partial charge on any atom is 0.437 e. The Morgan fingerprint density at radius 1 is 1.38 bits per heavy atom. The van der Waals surface area contributed by atoms with Gasteiger partial charge in [0.25, 0.3) is 5.89 Å². The Hall–Kier alpha value is -2.31. The van der Waals surface area contributed by atoms with E-state index < -0.39 is 5.76 Å². The predicted octanol–water partition coefficient (Wildman–Crippen LogP) is 1.59. The van der Waals surface area contributed by atoms with Crippen molar-refractivity contribution in [3.8, 4) is 11.5 Å². The van der Waals surface area contributed by atoms with Gasteiger partial charge in [-0.3, -0.25) is 4.79 Å². The van der Waals surface area contributed by atoms with E-state index in [0.717, 1.165) is 0 Å². The Balaban J connectivity index is 1.82. The minimum atomic E-state index is -0.466. The third-order valence-electron chi connectivity index (χ3n) is 3.91. The first-order valence-electron chi connectivity index (χ1n) is 6.96. The number of aryl methyl sites for hydroxylation is 1. The van der Waals surface area contributed by atoms with E-state index in [1.807, 2.05) is 0 Å². The van der Waals surface area contributed by atoms with E-state index in [2.05, 4.69) is 5.10 Å². The first-order chi connectivity index (χ1) is 10.1. The van der Waals surface area contributed by atoms with Crippen LogP contribution in [0.1, 0.15) is 31.6 Å². The molecule has 1 aliphatic rings. The van der Waals surface area contributed by atoms with Crippen molar-refractivity contribution < 1.29 is 13.6 Å². The highest BCUT2D eigenvalue weighted by Crippen LogP contribution is 2.24. The summed E-state index contributed by atoms with van der Waals surface area (Å²) in [5.41, 5.74) is 0.687. The number of piperidine rings is 1. The summed E-state index contributed by atoms with van der Waals surface area (Å²) in [6.07, 6.45) is 2.95. The van der Waals surface area contributed by atoms with Gasteiger partial charge in [-0.25, -0.2) is 4.79 Å². The normalized spacial score (nSPS) is 16.4. The number of rotatable bonds is 2. The van der Waals surface area contributed by atoms with Gasteiger partial charge in [-0.1, -0.05) is 0 Å². The molecule has 1 fully saturated rings. The van der Waals surface area contributed by atoms with Crippen LogP contribution >= 0.6 is 0 Å². The molecule has 1 saturated heterocycles. The summed E-state index contributed by atoms with van der Waals surface area (Å²) in [5, 5.41) is 4.28. The number of furan rings is 1. The highest BCUT2D eigenvalue weighted by Gasteiger charge is 2.26. The molecule has 2 aromatic rings. The molecular formula is C14H17N3O4. The van der Waals surface area contributed by atoms with Gasteiger partial charge in [-0.15, -0.1) is 5.10 Å². The summed E-state index contributed by atoms with van der Waals surface area (Å²) in [6.45, 7) is 4.63. The number of carbonyl (C=O) groups excluding carboxylic acids is 1. The zero-order valence-corrected chi connectivity index (χ0v) is 12.0. The summed E-state index contributed by atoms with van der Waals surface area (Å²) >= 11 is 0. The van der Waals surface area contributed by atoms with Gasteiger partial charge in [-0.2, -0.15) is 4.68 Å². The summed E-state index contributed by atoms with van der Waals surface area (Å²) < 4.78 is 11.8. The second kappa shape index (κ2) is 5.23. The summed E-state index contributed by atoms with van der Waals surface area (Å²) in [7, 11) is 0. The van der Waals surface area contributed by atoms with Crippen LogP contribution in [-0.2, 0) is 4.79 Å². The molecule has 7 nitrogen and oxygen atoms in total. The topological polar surface area (TPSA) is 81.5 Å². The molecule has 0 aliphatic carbocycles. The number of nitrogens with zero attached hydrogens (tertiary/aromatic N) is 3. The van der Waals surface area contributed by atoms with Crippen molar-refractivity contribution in [2.45, 2.75) is 32.7 Å². The van der Waals surface area contributed by atoms with Gasteiger partial charge < -0.3 is 13.7 Å². The van der Waals surface area contributed by atoms with Crippen molar-refractivity contribution >= 4 is 5.91 Å². The molecule has 2 aromatic heterocycles. The minimum absolute atomic E-state index is 0.0298. The van der Waals surface area contributed by atoms with Crippen LogP contribution < -0.4 is 5.76 Å². The first kappa shape index (κ1) is 13.7. The van der Waals surface area contributed by atoms with Crippen LogP contribution in [0.25, 0.3) is 11.5 Å². The average Bonchev–Trinajstić information content (AvgIpc) is 3.05. The molecule has 7 heteroatoms. The second-order valence-electron chi connectivity index (χ2n) is 5.25. The number of amides is 1. The maximum atomic E-state index is 12.0. The molecule has 3 heterocycles. The first-order valence-corrected chi connectivity index (χ1v) is 6.96. The van der Waals surface area contributed by atoms with E-state index in [0.29, 0.717) is 37.3 Å². The van der Waals surface area contributed by atoms with Gasteiger partial charge in [0.15, 0.2) is 0 Å². The van der Waals surface area contributed by atoms with Crippen molar-refractivity contribution in [2.75, 3.05) is 13.1 Å². The fraction of sp³-hybridized carbons (Fsp3) is 0.500. The Labute approximate surface area is 121 Å². The molecule has 0 aromatic carbocycles. The molecule has 0 spiro atoms. The second-order valence-corrected chi connectivity index (χ2v) is 5.25. The Bertz CT molecular complexity index is 704. The summed E-state index contributed by atoms with van der Waals surface area (Å²) in [5.74, 6) is 0.539. The van der Waals surface area contributed by atoms with Crippen molar-refractivity contribution in [1.29, 1.82) is 0 Å². The van der Waals surface area contributed by atoms with Crippen molar-refractivity contribution in [3.63, 3.8) is 0 Å². The van der Waals surface area contributed by atoms with Gasteiger partial charge in [0.05, 0.1) is 17.9 Å². The standard InChI is InChI=1S/C14H17N3O4/c1-9-12(5-8-20-9)13-15-17(14(19)21-13)11-3-6-16(7-4-11)10(2)18/h5,8,11H,3-4,6-7H2,1-2H3. The van der Waals surface area contributed by atoms with Crippen LogP contribution in [0.3, 0.4) is 0 Å². The van der Waals surface area contributed by atoms with Gasteiger partial charge in [-0.05, 0) is 25.8 Å². The molecule has 21 heavy (non-hydrogen) atoms. The molecule has 0 saturated carbocycles. The number of aromatic nitrogens is 2. The lowest BCUT2D eigenvalue weighted by Crippen LogP contribution is -2.39. The van der Waals surface area contributed by atoms with E-state index in [9.17, 15) is 9.59 Å². The Morgan fingerprint density at radius 2 is 2.10 bits per heavy atom. The van der Waals surface area contributed by atoms with Crippen LogP contribution in [0.4, 0.5) is 0 Å². The number of likely N-dealkylation sites (tertiary alicyclic amines) is 1. The highest BCUT2D eigenvalue weighted by molar-refractivity contribution is 5.73. The van der Waals surface area contributed by atoms with Crippen LogP contribution in [0.15, 0.2) is 26.0 Å².